The largest absolute Gasteiger partial charge is 0.405 e. The van der Waals surface area contributed by atoms with E-state index in [0.29, 0.717) is 13.1 Å². The molecule has 0 bridgehead atoms. The summed E-state index contributed by atoms with van der Waals surface area (Å²) in [6.45, 7) is 0.833. The van der Waals surface area contributed by atoms with Gasteiger partial charge in [0.1, 0.15) is 17.7 Å². The summed E-state index contributed by atoms with van der Waals surface area (Å²) in [6, 6.07) is 1.68. The maximum absolute atomic E-state index is 13.8. The van der Waals surface area contributed by atoms with Crippen LogP contribution in [0.15, 0.2) is 18.2 Å². The molecule has 1 aromatic rings. The monoisotopic (exact) mass is 413 g/mol. The Labute approximate surface area is 159 Å². The van der Waals surface area contributed by atoms with Crippen LogP contribution in [0.3, 0.4) is 0 Å². The zero-order valence-electron chi connectivity index (χ0n) is 14.4. The van der Waals surface area contributed by atoms with E-state index in [0.717, 1.165) is 12.1 Å². The molecule has 10 heteroatoms. The SMILES string of the molecule is Cl.O=C(NCC(N1CCNCC1)C(F)(F)F)C1CC1c1c(F)cccc1F. The van der Waals surface area contributed by atoms with Crippen LogP contribution in [0.2, 0.25) is 0 Å². The average Bonchev–Trinajstić information content (AvgIpc) is 3.35. The number of carbonyl (C=O) groups excluding carboxylic acids is 1. The fourth-order valence-corrected chi connectivity index (χ4v) is 3.44. The zero-order chi connectivity index (χ0) is 18.9. The van der Waals surface area contributed by atoms with Crippen molar-refractivity contribution in [2.45, 2.75) is 24.6 Å². The highest BCUT2D eigenvalue weighted by atomic mass is 35.5. The van der Waals surface area contributed by atoms with Gasteiger partial charge < -0.3 is 10.6 Å². The molecule has 0 radical (unpaired) electrons. The van der Waals surface area contributed by atoms with E-state index < -0.39 is 48.1 Å². The standard InChI is InChI=1S/C17H20F5N3O.ClH/c18-12-2-1-3-13(19)15(12)10-8-11(10)16(26)24-9-14(17(20,21)22)25-6-4-23-5-7-25;/h1-3,10-11,14,23H,4-9H2,(H,24,26);1H. The van der Waals surface area contributed by atoms with E-state index in [1.807, 2.05) is 0 Å². The average molecular weight is 414 g/mol. The summed E-state index contributed by atoms with van der Waals surface area (Å²) in [7, 11) is 0. The number of carbonyl (C=O) groups is 1. The Balaban J connectivity index is 0.00000261. The molecule has 4 nitrogen and oxygen atoms in total. The van der Waals surface area contributed by atoms with E-state index in [2.05, 4.69) is 10.6 Å². The van der Waals surface area contributed by atoms with Crippen molar-refractivity contribution in [3.8, 4) is 0 Å². The van der Waals surface area contributed by atoms with Gasteiger partial charge in [0.25, 0.3) is 0 Å². The summed E-state index contributed by atoms with van der Waals surface area (Å²) in [6.07, 6.45) is -4.24. The van der Waals surface area contributed by atoms with Gasteiger partial charge in [0.05, 0.1) is 0 Å². The number of benzene rings is 1. The number of alkyl halides is 3. The molecule has 3 atom stereocenters. The number of rotatable bonds is 5. The van der Waals surface area contributed by atoms with Crippen LogP contribution < -0.4 is 10.6 Å². The summed E-state index contributed by atoms with van der Waals surface area (Å²) >= 11 is 0. The minimum Gasteiger partial charge on any atom is -0.354 e. The molecule has 2 aliphatic rings. The lowest BCUT2D eigenvalue weighted by Crippen LogP contribution is -2.57. The molecule has 0 spiro atoms. The Hall–Kier alpha value is -1.45. The first-order valence-electron chi connectivity index (χ1n) is 8.52. The van der Waals surface area contributed by atoms with Crippen LogP contribution in [0.4, 0.5) is 22.0 Å². The number of piperazine rings is 1. The number of nitrogens with one attached hydrogen (secondary N) is 2. The van der Waals surface area contributed by atoms with Crippen molar-refractivity contribution in [2.24, 2.45) is 5.92 Å². The van der Waals surface area contributed by atoms with Crippen LogP contribution in [-0.4, -0.2) is 55.7 Å². The van der Waals surface area contributed by atoms with Gasteiger partial charge in [-0.15, -0.1) is 12.4 Å². The summed E-state index contributed by atoms with van der Waals surface area (Å²) in [5.41, 5.74) is -0.165. The molecule has 1 aromatic carbocycles. The van der Waals surface area contributed by atoms with Gasteiger partial charge in [0.2, 0.25) is 5.91 Å². The van der Waals surface area contributed by atoms with E-state index >= 15 is 0 Å². The molecule has 1 amide bonds. The highest BCUT2D eigenvalue weighted by Gasteiger charge is 2.48. The van der Waals surface area contributed by atoms with E-state index in [-0.39, 0.29) is 37.5 Å². The van der Waals surface area contributed by atoms with Crippen molar-refractivity contribution >= 4 is 18.3 Å². The van der Waals surface area contributed by atoms with Crippen molar-refractivity contribution in [1.29, 1.82) is 0 Å². The molecule has 1 saturated heterocycles. The molecule has 152 valence electrons. The van der Waals surface area contributed by atoms with Crippen LogP contribution >= 0.6 is 12.4 Å². The maximum Gasteiger partial charge on any atom is 0.405 e. The first-order valence-corrected chi connectivity index (χ1v) is 8.52. The van der Waals surface area contributed by atoms with Crippen LogP contribution in [0, 0.1) is 17.6 Å². The molecule has 3 unspecified atom stereocenters. The molecule has 27 heavy (non-hydrogen) atoms. The summed E-state index contributed by atoms with van der Waals surface area (Å²) in [5, 5.41) is 5.30. The maximum atomic E-state index is 13.8. The third-order valence-electron chi connectivity index (χ3n) is 4.94. The van der Waals surface area contributed by atoms with Gasteiger partial charge in [0.15, 0.2) is 0 Å². The van der Waals surface area contributed by atoms with Crippen LogP contribution in [0.25, 0.3) is 0 Å². The molecule has 2 N–H and O–H groups in total. The van der Waals surface area contributed by atoms with Crippen LogP contribution in [0.5, 0.6) is 0 Å². The molecule has 1 aliphatic carbocycles. The molecule has 1 aliphatic heterocycles. The second kappa shape index (κ2) is 8.70. The number of amides is 1. The van der Waals surface area contributed by atoms with Gasteiger partial charge in [0, 0.05) is 50.1 Å². The summed E-state index contributed by atoms with van der Waals surface area (Å²) in [4.78, 5) is 13.5. The number of hydrogen-bond acceptors (Lipinski definition) is 3. The van der Waals surface area contributed by atoms with Gasteiger partial charge in [-0.05, 0) is 18.6 Å². The predicted octanol–water partition coefficient (Wildman–Crippen LogP) is 2.44. The number of halogens is 6. The number of nitrogens with zero attached hydrogens (tertiary/aromatic N) is 1. The lowest BCUT2D eigenvalue weighted by molar-refractivity contribution is -0.184. The highest BCUT2D eigenvalue weighted by Crippen LogP contribution is 2.49. The van der Waals surface area contributed by atoms with Gasteiger partial charge in [-0.3, -0.25) is 9.69 Å². The Morgan fingerprint density at radius 3 is 2.37 bits per heavy atom. The van der Waals surface area contributed by atoms with Gasteiger partial charge in [-0.2, -0.15) is 13.2 Å². The molecule has 3 rings (SSSR count). The second-order valence-corrected chi connectivity index (χ2v) is 6.67. The normalized spacial score (nSPS) is 24.0. The van der Waals surface area contributed by atoms with Crippen molar-refractivity contribution in [1.82, 2.24) is 15.5 Å². The smallest absolute Gasteiger partial charge is 0.354 e. The van der Waals surface area contributed by atoms with Gasteiger partial charge in [-0.1, -0.05) is 6.07 Å². The van der Waals surface area contributed by atoms with Crippen LogP contribution in [-0.2, 0) is 4.79 Å². The third-order valence-corrected chi connectivity index (χ3v) is 4.94. The first kappa shape index (κ1) is 21.8. The van der Waals surface area contributed by atoms with Crippen molar-refractivity contribution in [3.05, 3.63) is 35.4 Å². The summed E-state index contributed by atoms with van der Waals surface area (Å²) < 4.78 is 67.4. The predicted molar refractivity (Wildman–Crippen MR) is 91.7 cm³/mol. The Morgan fingerprint density at radius 1 is 1.22 bits per heavy atom. The van der Waals surface area contributed by atoms with Crippen molar-refractivity contribution in [3.63, 3.8) is 0 Å². The fraction of sp³-hybridized carbons (Fsp3) is 0.588. The molecular formula is C17H21ClF5N3O. The molecule has 2 fully saturated rings. The minimum absolute atomic E-state index is 0. The van der Waals surface area contributed by atoms with Crippen LogP contribution in [0.1, 0.15) is 17.9 Å². The van der Waals surface area contributed by atoms with Gasteiger partial charge >= 0.3 is 6.18 Å². The first-order chi connectivity index (χ1) is 12.3. The van der Waals surface area contributed by atoms with E-state index in [4.69, 9.17) is 0 Å². The van der Waals surface area contributed by atoms with Crippen molar-refractivity contribution in [2.75, 3.05) is 32.7 Å². The molecule has 1 saturated carbocycles. The molecular weight excluding hydrogens is 393 g/mol. The zero-order valence-corrected chi connectivity index (χ0v) is 15.2. The fourth-order valence-electron chi connectivity index (χ4n) is 3.44. The number of hydrogen-bond donors (Lipinski definition) is 2. The molecule has 0 aromatic heterocycles. The Kier molecular flexibility index (Phi) is 7.04. The van der Waals surface area contributed by atoms with E-state index in [1.165, 1.54) is 11.0 Å². The van der Waals surface area contributed by atoms with Gasteiger partial charge in [-0.25, -0.2) is 8.78 Å². The van der Waals surface area contributed by atoms with E-state index in [9.17, 15) is 26.7 Å². The lowest BCUT2D eigenvalue weighted by Gasteiger charge is -2.35. The van der Waals surface area contributed by atoms with Crippen molar-refractivity contribution < 1.29 is 26.7 Å². The minimum atomic E-state index is -4.47. The Morgan fingerprint density at radius 2 is 1.81 bits per heavy atom. The highest BCUT2D eigenvalue weighted by molar-refractivity contribution is 5.85. The second-order valence-electron chi connectivity index (χ2n) is 6.67. The summed E-state index contributed by atoms with van der Waals surface area (Å²) in [5.74, 6) is -3.39. The lowest BCUT2D eigenvalue weighted by atomic mass is 10.1. The molecule has 1 heterocycles. The Bertz CT molecular complexity index is 646. The van der Waals surface area contributed by atoms with E-state index in [1.54, 1.807) is 0 Å². The quantitative estimate of drug-likeness (QED) is 0.729. The third kappa shape index (κ3) is 5.08. The topological polar surface area (TPSA) is 44.4 Å².